The lowest BCUT2D eigenvalue weighted by atomic mass is 9.98. The topological polar surface area (TPSA) is 133 Å². The number of rotatable bonds is 18. The lowest BCUT2D eigenvalue weighted by molar-refractivity contribution is -0.308. The van der Waals surface area contributed by atoms with Gasteiger partial charge in [0, 0.05) is 34.2 Å². The molecule has 1 aliphatic rings. The molecule has 1 heterocycles. The van der Waals surface area contributed by atoms with E-state index in [9.17, 15) is 19.2 Å². The molecule has 0 aromatic carbocycles. The Balaban J connectivity index is 2.75. The highest BCUT2D eigenvalue weighted by Gasteiger charge is 2.52. The van der Waals surface area contributed by atoms with Crippen LogP contribution in [0.15, 0.2) is 0 Å². The average Bonchev–Trinajstić information content (AvgIpc) is 2.82. The van der Waals surface area contributed by atoms with E-state index in [0.717, 1.165) is 45.6 Å². The molecule has 1 rings (SSSR count). The number of nitrogens with zero attached hydrogens (tertiary/aromatic N) is 3. The van der Waals surface area contributed by atoms with E-state index in [1.54, 1.807) is 0 Å². The second kappa shape index (κ2) is 18.9. The summed E-state index contributed by atoms with van der Waals surface area (Å²) in [5.41, 5.74) is 0. The van der Waals surface area contributed by atoms with Gasteiger partial charge in [0.1, 0.15) is 12.7 Å². The number of hydrogen-bond acceptors (Lipinski definition) is 13. The predicted octanol–water partition coefficient (Wildman–Crippen LogP) is 0.682. The lowest BCUT2D eigenvalue weighted by Crippen LogP contribution is -2.63. The first-order valence-electron chi connectivity index (χ1n) is 13.7. The molecule has 232 valence electrons. The van der Waals surface area contributed by atoms with E-state index in [4.69, 9.17) is 28.4 Å². The van der Waals surface area contributed by atoms with Gasteiger partial charge in [-0.15, -0.1) is 0 Å². The van der Waals surface area contributed by atoms with Crippen LogP contribution in [0.1, 0.15) is 47.0 Å². The summed E-state index contributed by atoms with van der Waals surface area (Å²) in [7, 11) is 8.33. The molecule has 5 atom stereocenters. The van der Waals surface area contributed by atoms with Crippen LogP contribution in [0.3, 0.4) is 0 Å². The van der Waals surface area contributed by atoms with Crippen LogP contribution >= 0.6 is 0 Å². The maximum Gasteiger partial charge on any atom is 0.303 e. The van der Waals surface area contributed by atoms with Gasteiger partial charge in [0.2, 0.25) is 0 Å². The van der Waals surface area contributed by atoms with Crippen molar-refractivity contribution in [3.05, 3.63) is 0 Å². The molecule has 0 bridgehead atoms. The first-order chi connectivity index (χ1) is 18.8. The summed E-state index contributed by atoms with van der Waals surface area (Å²) < 4.78 is 33.2. The van der Waals surface area contributed by atoms with Gasteiger partial charge in [-0.05, 0) is 73.6 Å². The molecule has 0 N–H and O–H groups in total. The van der Waals surface area contributed by atoms with E-state index in [1.165, 1.54) is 27.7 Å². The Labute approximate surface area is 238 Å². The van der Waals surface area contributed by atoms with Gasteiger partial charge >= 0.3 is 23.9 Å². The van der Waals surface area contributed by atoms with Crippen molar-refractivity contribution in [1.29, 1.82) is 0 Å². The fourth-order valence-electron chi connectivity index (χ4n) is 4.35. The number of hydrogen-bond donors (Lipinski definition) is 0. The van der Waals surface area contributed by atoms with Crippen molar-refractivity contribution < 1.29 is 47.6 Å². The van der Waals surface area contributed by atoms with Gasteiger partial charge in [-0.3, -0.25) is 19.2 Å². The Morgan fingerprint density at radius 1 is 0.625 bits per heavy atom. The summed E-state index contributed by atoms with van der Waals surface area (Å²) >= 11 is 0. The van der Waals surface area contributed by atoms with E-state index in [-0.39, 0.29) is 13.2 Å². The minimum atomic E-state index is -1.23. The standard InChI is InChI=1S/C27H49N3O10/c1-19(31)36-18-23-24(37-20(2)32)25(38-21(3)33)26(39-22(4)34)27(40-23)35-17-11-16-30(8)15-10-14-29(7)13-9-12-28(5)6/h23-27H,9-18H2,1-8H3. The highest BCUT2D eigenvalue weighted by atomic mass is 16.7. The summed E-state index contributed by atoms with van der Waals surface area (Å²) in [6.07, 6.45) is -2.99. The first kappa shape index (κ1) is 35.7. The molecule has 0 spiro atoms. The van der Waals surface area contributed by atoms with Crippen LogP contribution < -0.4 is 0 Å². The van der Waals surface area contributed by atoms with Crippen molar-refractivity contribution in [3.8, 4) is 0 Å². The number of ether oxygens (including phenoxy) is 6. The summed E-state index contributed by atoms with van der Waals surface area (Å²) in [6.45, 7) is 9.58. The van der Waals surface area contributed by atoms with Crippen LogP contribution in [0.2, 0.25) is 0 Å². The maximum atomic E-state index is 11.9. The van der Waals surface area contributed by atoms with Gasteiger partial charge < -0.3 is 43.1 Å². The van der Waals surface area contributed by atoms with Gasteiger partial charge in [0.15, 0.2) is 24.6 Å². The molecule has 0 aromatic heterocycles. The van der Waals surface area contributed by atoms with Crippen molar-refractivity contribution in [2.24, 2.45) is 0 Å². The van der Waals surface area contributed by atoms with Crippen molar-refractivity contribution in [3.63, 3.8) is 0 Å². The Morgan fingerprint density at radius 3 is 1.60 bits per heavy atom. The molecule has 1 fully saturated rings. The van der Waals surface area contributed by atoms with Crippen LogP contribution in [0.25, 0.3) is 0 Å². The van der Waals surface area contributed by atoms with E-state index in [2.05, 4.69) is 35.8 Å². The van der Waals surface area contributed by atoms with Gasteiger partial charge in [0.05, 0.1) is 6.61 Å². The zero-order valence-corrected chi connectivity index (χ0v) is 25.4. The third-order valence-electron chi connectivity index (χ3n) is 6.14. The Kier molecular flexibility index (Phi) is 16.9. The summed E-state index contributed by atoms with van der Waals surface area (Å²) in [4.78, 5) is 53.8. The van der Waals surface area contributed by atoms with E-state index in [1.807, 2.05) is 7.05 Å². The zero-order valence-electron chi connectivity index (χ0n) is 25.4. The van der Waals surface area contributed by atoms with E-state index >= 15 is 0 Å². The van der Waals surface area contributed by atoms with E-state index in [0.29, 0.717) is 6.42 Å². The van der Waals surface area contributed by atoms with Gasteiger partial charge in [0.25, 0.3) is 0 Å². The highest BCUT2D eigenvalue weighted by molar-refractivity contribution is 5.68. The minimum Gasteiger partial charge on any atom is -0.463 e. The van der Waals surface area contributed by atoms with E-state index < -0.39 is 54.6 Å². The van der Waals surface area contributed by atoms with Crippen molar-refractivity contribution in [1.82, 2.24) is 14.7 Å². The number of carbonyl (C=O) groups excluding carboxylic acids is 4. The highest BCUT2D eigenvalue weighted by Crippen LogP contribution is 2.30. The molecule has 0 aromatic rings. The maximum absolute atomic E-state index is 11.9. The molecule has 1 aliphatic heterocycles. The monoisotopic (exact) mass is 575 g/mol. The number of esters is 4. The summed E-state index contributed by atoms with van der Waals surface area (Å²) in [5, 5.41) is 0. The molecule has 13 heteroatoms. The van der Waals surface area contributed by atoms with Gasteiger partial charge in [-0.1, -0.05) is 0 Å². The Morgan fingerprint density at radius 2 is 1.10 bits per heavy atom. The fourth-order valence-corrected chi connectivity index (χ4v) is 4.35. The molecule has 13 nitrogen and oxygen atoms in total. The van der Waals surface area contributed by atoms with Crippen molar-refractivity contribution >= 4 is 23.9 Å². The summed E-state index contributed by atoms with van der Waals surface area (Å²) in [5.74, 6) is -2.60. The lowest BCUT2D eigenvalue weighted by Gasteiger charge is -2.44. The van der Waals surface area contributed by atoms with Crippen LogP contribution in [-0.2, 0) is 47.6 Å². The van der Waals surface area contributed by atoms with Crippen molar-refractivity contribution in [2.45, 2.75) is 77.7 Å². The first-order valence-corrected chi connectivity index (χ1v) is 13.7. The van der Waals surface area contributed by atoms with Crippen LogP contribution in [0.5, 0.6) is 0 Å². The van der Waals surface area contributed by atoms with Crippen LogP contribution in [0.4, 0.5) is 0 Å². The fraction of sp³-hybridized carbons (Fsp3) is 0.852. The number of carbonyl (C=O) groups is 4. The second-order valence-electron chi connectivity index (χ2n) is 10.4. The molecule has 40 heavy (non-hydrogen) atoms. The quantitative estimate of drug-likeness (QED) is 0.129. The Bertz CT molecular complexity index is 797. The second-order valence-corrected chi connectivity index (χ2v) is 10.4. The molecular formula is C27H49N3O10. The summed E-state index contributed by atoms with van der Waals surface area (Å²) in [6, 6.07) is 0. The molecule has 0 amide bonds. The van der Waals surface area contributed by atoms with Gasteiger partial charge in [-0.2, -0.15) is 0 Å². The smallest absolute Gasteiger partial charge is 0.303 e. The predicted molar refractivity (Wildman–Crippen MR) is 145 cm³/mol. The Hall–Kier alpha value is -2.32. The third kappa shape index (κ3) is 14.9. The third-order valence-corrected chi connectivity index (χ3v) is 6.14. The van der Waals surface area contributed by atoms with Gasteiger partial charge in [-0.25, -0.2) is 0 Å². The SMILES string of the molecule is CC(=O)OCC1OC(OCCCN(C)CCCN(C)CCCN(C)C)C(OC(C)=O)C(OC(C)=O)C1OC(C)=O. The van der Waals surface area contributed by atoms with Crippen LogP contribution in [-0.4, -0.2) is 143 Å². The molecule has 0 aliphatic carbocycles. The minimum absolute atomic E-state index is 0.252. The molecule has 1 saturated heterocycles. The average molecular weight is 576 g/mol. The zero-order chi connectivity index (χ0) is 30.2. The molecule has 0 saturated carbocycles. The molecular weight excluding hydrogens is 526 g/mol. The van der Waals surface area contributed by atoms with Crippen LogP contribution in [0, 0.1) is 0 Å². The van der Waals surface area contributed by atoms with Crippen molar-refractivity contribution in [2.75, 3.05) is 74.1 Å². The molecule has 0 radical (unpaired) electrons. The molecule has 5 unspecified atom stereocenters. The normalized spacial score (nSPS) is 22.8. The largest absolute Gasteiger partial charge is 0.463 e.